The Hall–Kier alpha value is 0.137. The Morgan fingerprint density at radius 3 is 2.00 bits per heavy atom. The van der Waals surface area contributed by atoms with Gasteiger partial charge in [-0.2, -0.15) is 0 Å². The molecule has 0 aliphatic heterocycles. The van der Waals surface area contributed by atoms with Crippen molar-refractivity contribution in [3.8, 4) is 0 Å². The van der Waals surface area contributed by atoms with Crippen molar-refractivity contribution in [1.29, 1.82) is 0 Å². The lowest BCUT2D eigenvalue weighted by Crippen LogP contribution is -2.48. The van der Waals surface area contributed by atoms with E-state index in [0.717, 1.165) is 13.0 Å². The van der Waals surface area contributed by atoms with Gasteiger partial charge in [0.1, 0.15) is 0 Å². The van der Waals surface area contributed by atoms with Crippen LogP contribution in [0.4, 0.5) is 0 Å². The van der Waals surface area contributed by atoms with Crippen LogP contribution >= 0.6 is 0 Å². The molecule has 0 radical (unpaired) electrons. The largest absolute Gasteiger partial charge is 0.416 e. The summed E-state index contributed by atoms with van der Waals surface area (Å²) in [7, 11) is -1.67. The smallest absolute Gasteiger partial charge is 0.200 e. The molecule has 0 heterocycles. The first kappa shape index (κ1) is 18.2. The molecule has 1 aliphatic rings. The molecule has 2 N–H and O–H groups in total. The standard InChI is InChI=1S/C17H37NOSi/c1-8-10-17(18)12-16(17)9-11-19-20(13(2)3,14(4)5)15(6)7/h13-16H,8-12,18H2,1-7H3/t16-,17-/m0/s1. The highest BCUT2D eigenvalue weighted by atomic mass is 28.4. The SMILES string of the molecule is CCC[C@]1(N)C[C@@H]1CCO[Si](C(C)C)(C(C)C)C(C)C. The number of nitrogens with two attached hydrogens (primary N) is 1. The maximum absolute atomic E-state index is 6.62. The van der Waals surface area contributed by atoms with Gasteiger partial charge in [0.05, 0.1) is 0 Å². The number of hydrogen-bond donors (Lipinski definition) is 1. The molecule has 3 heteroatoms. The normalized spacial score (nSPS) is 26.9. The Kier molecular flexibility index (Phi) is 6.30. The lowest BCUT2D eigenvalue weighted by atomic mass is 10.1. The topological polar surface area (TPSA) is 35.2 Å². The Morgan fingerprint density at radius 1 is 1.10 bits per heavy atom. The van der Waals surface area contributed by atoms with E-state index in [9.17, 15) is 0 Å². The maximum atomic E-state index is 6.62. The highest BCUT2D eigenvalue weighted by molar-refractivity contribution is 6.77. The number of rotatable bonds is 9. The summed E-state index contributed by atoms with van der Waals surface area (Å²) in [6.45, 7) is 17.3. The van der Waals surface area contributed by atoms with E-state index in [2.05, 4.69) is 48.5 Å². The van der Waals surface area contributed by atoms with E-state index in [1.807, 2.05) is 0 Å². The van der Waals surface area contributed by atoms with Crippen molar-refractivity contribution in [3.05, 3.63) is 0 Å². The molecule has 0 aromatic carbocycles. The van der Waals surface area contributed by atoms with E-state index in [1.54, 1.807) is 0 Å². The molecule has 0 unspecified atom stereocenters. The van der Waals surface area contributed by atoms with Crippen LogP contribution in [0, 0.1) is 5.92 Å². The second-order valence-electron chi connectivity index (χ2n) is 7.84. The average molecular weight is 300 g/mol. The summed E-state index contributed by atoms with van der Waals surface area (Å²) in [6.07, 6.45) is 4.76. The minimum atomic E-state index is -1.67. The monoisotopic (exact) mass is 299 g/mol. The van der Waals surface area contributed by atoms with Crippen molar-refractivity contribution < 1.29 is 4.43 Å². The van der Waals surface area contributed by atoms with Crippen LogP contribution < -0.4 is 5.73 Å². The van der Waals surface area contributed by atoms with Gasteiger partial charge in [-0.05, 0) is 41.8 Å². The first-order valence-corrected chi connectivity index (χ1v) is 10.8. The van der Waals surface area contributed by atoms with Gasteiger partial charge in [0.25, 0.3) is 0 Å². The predicted octanol–water partition coefficient (Wildman–Crippen LogP) is 5.09. The zero-order valence-corrected chi connectivity index (χ0v) is 15.8. The summed E-state index contributed by atoms with van der Waals surface area (Å²) in [4.78, 5) is 0. The summed E-state index contributed by atoms with van der Waals surface area (Å²) >= 11 is 0. The van der Waals surface area contributed by atoms with Crippen LogP contribution in [0.2, 0.25) is 16.6 Å². The minimum Gasteiger partial charge on any atom is -0.416 e. The van der Waals surface area contributed by atoms with Gasteiger partial charge in [-0.15, -0.1) is 0 Å². The maximum Gasteiger partial charge on any atom is 0.200 e. The van der Waals surface area contributed by atoms with Crippen LogP contribution in [-0.4, -0.2) is 20.5 Å². The first-order valence-electron chi connectivity index (χ1n) is 8.63. The van der Waals surface area contributed by atoms with Gasteiger partial charge in [-0.1, -0.05) is 54.9 Å². The van der Waals surface area contributed by atoms with Crippen molar-refractivity contribution in [2.24, 2.45) is 11.7 Å². The average Bonchev–Trinajstić information content (AvgIpc) is 2.94. The molecule has 2 nitrogen and oxygen atoms in total. The molecule has 1 fully saturated rings. The molecule has 0 aromatic heterocycles. The zero-order chi connectivity index (χ0) is 15.6. The molecule has 20 heavy (non-hydrogen) atoms. The summed E-state index contributed by atoms with van der Waals surface area (Å²) in [5, 5.41) is 0. The van der Waals surface area contributed by atoms with Gasteiger partial charge in [-0.3, -0.25) is 0 Å². The molecule has 0 aromatic rings. The van der Waals surface area contributed by atoms with Crippen molar-refractivity contribution in [2.45, 2.75) is 96.3 Å². The van der Waals surface area contributed by atoms with Gasteiger partial charge in [0.15, 0.2) is 8.32 Å². The van der Waals surface area contributed by atoms with E-state index >= 15 is 0 Å². The number of hydrogen-bond acceptors (Lipinski definition) is 2. The van der Waals surface area contributed by atoms with E-state index < -0.39 is 8.32 Å². The summed E-state index contributed by atoms with van der Waals surface area (Å²) in [5.74, 6) is 0.709. The zero-order valence-electron chi connectivity index (χ0n) is 14.8. The van der Waals surface area contributed by atoms with Crippen LogP contribution in [0.1, 0.15) is 74.1 Å². The van der Waals surface area contributed by atoms with Gasteiger partial charge < -0.3 is 10.2 Å². The highest BCUT2D eigenvalue weighted by Crippen LogP contribution is 2.48. The molecule has 0 saturated heterocycles. The third-order valence-electron chi connectivity index (χ3n) is 5.52. The van der Waals surface area contributed by atoms with Crippen LogP contribution in [0.25, 0.3) is 0 Å². The Bertz CT molecular complexity index is 282. The molecule has 1 aliphatic carbocycles. The van der Waals surface area contributed by atoms with Crippen LogP contribution in [0.5, 0.6) is 0 Å². The Balaban J connectivity index is 2.53. The molecule has 0 bridgehead atoms. The molecular weight excluding hydrogens is 262 g/mol. The first-order chi connectivity index (χ1) is 9.20. The van der Waals surface area contributed by atoms with E-state index in [4.69, 9.17) is 10.2 Å². The van der Waals surface area contributed by atoms with Crippen molar-refractivity contribution >= 4 is 8.32 Å². The van der Waals surface area contributed by atoms with Gasteiger partial charge in [0.2, 0.25) is 0 Å². The minimum absolute atomic E-state index is 0.149. The van der Waals surface area contributed by atoms with E-state index in [1.165, 1.54) is 19.3 Å². The molecule has 0 amide bonds. The Labute approximate surface area is 128 Å². The third kappa shape index (κ3) is 3.66. The second-order valence-corrected chi connectivity index (χ2v) is 13.3. The second kappa shape index (κ2) is 6.93. The van der Waals surface area contributed by atoms with E-state index in [0.29, 0.717) is 22.5 Å². The molecule has 0 spiro atoms. The van der Waals surface area contributed by atoms with Crippen LogP contribution in [-0.2, 0) is 4.43 Å². The predicted molar refractivity (Wildman–Crippen MR) is 91.6 cm³/mol. The van der Waals surface area contributed by atoms with Gasteiger partial charge in [0, 0.05) is 12.1 Å². The van der Waals surface area contributed by atoms with Crippen LogP contribution in [0.3, 0.4) is 0 Å². The summed E-state index contributed by atoms with van der Waals surface area (Å²) in [5.41, 5.74) is 8.58. The molecule has 1 saturated carbocycles. The fraction of sp³-hybridized carbons (Fsp3) is 1.00. The highest BCUT2D eigenvalue weighted by Gasteiger charge is 2.50. The van der Waals surface area contributed by atoms with Crippen molar-refractivity contribution in [1.82, 2.24) is 0 Å². The molecular formula is C17H37NOSi. The summed E-state index contributed by atoms with van der Waals surface area (Å²) < 4.78 is 6.62. The van der Waals surface area contributed by atoms with Gasteiger partial charge >= 0.3 is 0 Å². The molecule has 2 atom stereocenters. The Morgan fingerprint density at radius 2 is 1.60 bits per heavy atom. The van der Waals surface area contributed by atoms with Crippen molar-refractivity contribution in [2.75, 3.05) is 6.61 Å². The lowest BCUT2D eigenvalue weighted by molar-refractivity contribution is 0.260. The lowest BCUT2D eigenvalue weighted by Gasteiger charge is -2.42. The van der Waals surface area contributed by atoms with Crippen molar-refractivity contribution in [3.63, 3.8) is 0 Å². The van der Waals surface area contributed by atoms with Crippen LogP contribution in [0.15, 0.2) is 0 Å². The van der Waals surface area contributed by atoms with Gasteiger partial charge in [-0.25, -0.2) is 0 Å². The molecule has 1 rings (SSSR count). The van der Waals surface area contributed by atoms with E-state index in [-0.39, 0.29) is 5.54 Å². The fourth-order valence-corrected chi connectivity index (χ4v) is 9.91. The fourth-order valence-electron chi connectivity index (χ4n) is 4.44. The summed E-state index contributed by atoms with van der Waals surface area (Å²) in [6, 6.07) is 0. The third-order valence-corrected chi connectivity index (χ3v) is 11.6. The quantitative estimate of drug-likeness (QED) is 0.602. The molecule has 120 valence electrons.